The third-order valence-electron chi connectivity index (χ3n) is 4.19. The molecule has 0 bridgehead atoms. The highest BCUT2D eigenvalue weighted by atomic mass is 35.5. The minimum absolute atomic E-state index is 0.234. The van der Waals surface area contributed by atoms with Crippen LogP contribution >= 0.6 is 11.6 Å². The molecule has 138 valence electrons. The topological polar surface area (TPSA) is 86.3 Å². The molecular weight excluding hydrogens is 368 g/mol. The number of aromatic nitrogens is 5. The molecule has 8 nitrogen and oxygen atoms in total. The molecule has 0 fully saturated rings. The van der Waals surface area contributed by atoms with Crippen LogP contribution in [0.25, 0.3) is 16.6 Å². The molecule has 1 N–H and O–H groups in total. The van der Waals surface area contributed by atoms with Crippen LogP contribution in [0.1, 0.15) is 30.2 Å². The summed E-state index contributed by atoms with van der Waals surface area (Å²) in [5, 5.41) is 12.9. The van der Waals surface area contributed by atoms with Crippen molar-refractivity contribution in [3.8, 4) is 5.75 Å². The summed E-state index contributed by atoms with van der Waals surface area (Å²) in [7, 11) is 1.55. The number of methoxy groups -OCH3 is 1. The van der Waals surface area contributed by atoms with E-state index in [-0.39, 0.29) is 11.9 Å². The highest BCUT2D eigenvalue weighted by molar-refractivity contribution is 6.30. The van der Waals surface area contributed by atoms with Crippen molar-refractivity contribution < 1.29 is 9.53 Å². The summed E-state index contributed by atoms with van der Waals surface area (Å²) >= 11 is 5.91. The number of anilines is 1. The van der Waals surface area contributed by atoms with E-state index >= 15 is 0 Å². The second-order valence-electron chi connectivity index (χ2n) is 6.37. The smallest absolute Gasteiger partial charge is 0.261 e. The van der Waals surface area contributed by atoms with Crippen LogP contribution in [0.15, 0.2) is 36.9 Å². The van der Waals surface area contributed by atoms with Gasteiger partial charge in [0.15, 0.2) is 5.65 Å². The quantitative estimate of drug-likeness (QED) is 0.581. The molecule has 0 saturated heterocycles. The maximum Gasteiger partial charge on any atom is 0.261 e. The van der Waals surface area contributed by atoms with Crippen molar-refractivity contribution >= 4 is 39.7 Å². The monoisotopic (exact) mass is 384 g/mol. The van der Waals surface area contributed by atoms with Gasteiger partial charge in [0, 0.05) is 29.9 Å². The van der Waals surface area contributed by atoms with Crippen LogP contribution in [0, 0.1) is 0 Å². The average molecular weight is 385 g/mol. The summed E-state index contributed by atoms with van der Waals surface area (Å²) in [6, 6.07) is 3.88. The number of nitrogens with one attached hydrogen (secondary N) is 1. The lowest BCUT2D eigenvalue weighted by Gasteiger charge is -2.09. The minimum Gasteiger partial charge on any atom is -0.494 e. The Morgan fingerprint density at radius 2 is 2.07 bits per heavy atom. The molecule has 0 spiro atoms. The van der Waals surface area contributed by atoms with E-state index in [1.165, 1.54) is 16.9 Å². The number of fused-ring (bicyclic) bond motifs is 2. The van der Waals surface area contributed by atoms with Crippen LogP contribution in [0.4, 0.5) is 5.69 Å². The highest BCUT2D eigenvalue weighted by Crippen LogP contribution is 2.31. The number of carbonyl (C=O) groups is 1. The molecule has 27 heavy (non-hydrogen) atoms. The molecule has 0 unspecified atom stereocenters. The summed E-state index contributed by atoms with van der Waals surface area (Å²) in [5.74, 6) is 0.186. The fourth-order valence-electron chi connectivity index (χ4n) is 2.80. The van der Waals surface area contributed by atoms with Crippen LogP contribution in [0.5, 0.6) is 5.75 Å². The van der Waals surface area contributed by atoms with Gasteiger partial charge in [-0.15, -0.1) is 0 Å². The van der Waals surface area contributed by atoms with Crippen molar-refractivity contribution in [2.24, 2.45) is 0 Å². The number of rotatable bonds is 4. The van der Waals surface area contributed by atoms with Gasteiger partial charge >= 0.3 is 0 Å². The third kappa shape index (κ3) is 3.08. The zero-order valence-electron chi connectivity index (χ0n) is 15.0. The predicted octanol–water partition coefficient (Wildman–Crippen LogP) is 3.57. The Morgan fingerprint density at radius 1 is 1.26 bits per heavy atom. The van der Waals surface area contributed by atoms with Gasteiger partial charge < -0.3 is 10.1 Å². The van der Waals surface area contributed by atoms with Crippen molar-refractivity contribution in [1.29, 1.82) is 0 Å². The molecule has 1 amide bonds. The van der Waals surface area contributed by atoms with E-state index in [9.17, 15) is 4.79 Å². The zero-order chi connectivity index (χ0) is 19.1. The second-order valence-corrected chi connectivity index (χ2v) is 6.80. The van der Waals surface area contributed by atoms with Gasteiger partial charge in [-0.3, -0.25) is 9.48 Å². The first-order valence-corrected chi connectivity index (χ1v) is 8.71. The largest absolute Gasteiger partial charge is 0.494 e. The van der Waals surface area contributed by atoms with E-state index in [4.69, 9.17) is 16.3 Å². The van der Waals surface area contributed by atoms with E-state index in [1.54, 1.807) is 19.4 Å². The predicted molar refractivity (Wildman–Crippen MR) is 103 cm³/mol. The lowest BCUT2D eigenvalue weighted by molar-refractivity contribution is 0.102. The lowest BCUT2D eigenvalue weighted by Crippen LogP contribution is -2.12. The lowest BCUT2D eigenvalue weighted by atomic mass is 10.2. The van der Waals surface area contributed by atoms with Crippen LogP contribution in [-0.4, -0.2) is 37.4 Å². The van der Waals surface area contributed by atoms with Gasteiger partial charge in [-0.2, -0.15) is 10.2 Å². The number of hydrogen-bond donors (Lipinski definition) is 1. The Morgan fingerprint density at radius 3 is 2.81 bits per heavy atom. The number of hydrogen-bond acceptors (Lipinski definition) is 5. The summed E-state index contributed by atoms with van der Waals surface area (Å²) in [4.78, 5) is 17.0. The Hall–Kier alpha value is -3.13. The molecule has 3 aromatic heterocycles. The standard InChI is InChI=1S/C18H17ClN6O2/c1-10(2)24-8-11-4-15(16(27-3)5-14(11)23-24)22-18(26)13-7-21-25-9-12(19)6-20-17(13)25/h4-10H,1-3H3,(H,22,26). The van der Waals surface area contributed by atoms with Crippen molar-refractivity contribution in [1.82, 2.24) is 24.4 Å². The molecule has 4 rings (SSSR count). The fourth-order valence-corrected chi connectivity index (χ4v) is 2.95. The molecule has 0 radical (unpaired) electrons. The van der Waals surface area contributed by atoms with Gasteiger partial charge in [-0.25, -0.2) is 9.50 Å². The van der Waals surface area contributed by atoms with Crippen molar-refractivity contribution in [3.05, 3.63) is 47.5 Å². The SMILES string of the molecule is COc1cc2nn(C(C)C)cc2cc1NC(=O)c1cnn2cc(Cl)cnc12. The van der Waals surface area contributed by atoms with Crippen LogP contribution in [-0.2, 0) is 0 Å². The fraction of sp³-hybridized carbons (Fsp3) is 0.222. The molecule has 0 aliphatic carbocycles. The maximum atomic E-state index is 12.8. The van der Waals surface area contributed by atoms with Crippen molar-refractivity contribution in [3.63, 3.8) is 0 Å². The second kappa shape index (κ2) is 6.55. The summed E-state index contributed by atoms with van der Waals surface area (Å²) < 4.78 is 8.76. The van der Waals surface area contributed by atoms with Gasteiger partial charge in [0.2, 0.25) is 0 Å². The van der Waals surface area contributed by atoms with E-state index in [0.29, 0.717) is 27.7 Å². The molecule has 3 heterocycles. The first-order valence-electron chi connectivity index (χ1n) is 8.33. The highest BCUT2D eigenvalue weighted by Gasteiger charge is 2.17. The van der Waals surface area contributed by atoms with E-state index in [0.717, 1.165) is 10.9 Å². The number of amides is 1. The maximum absolute atomic E-state index is 12.8. The molecule has 0 aliphatic heterocycles. The van der Waals surface area contributed by atoms with E-state index in [1.807, 2.05) is 16.9 Å². The zero-order valence-corrected chi connectivity index (χ0v) is 15.7. The first kappa shape index (κ1) is 17.3. The van der Waals surface area contributed by atoms with Gasteiger partial charge in [0.1, 0.15) is 11.3 Å². The van der Waals surface area contributed by atoms with Crippen LogP contribution in [0.3, 0.4) is 0 Å². The van der Waals surface area contributed by atoms with E-state index in [2.05, 4.69) is 34.3 Å². The first-order chi connectivity index (χ1) is 13.0. The number of halogens is 1. The summed E-state index contributed by atoms with van der Waals surface area (Å²) in [5.41, 5.74) is 2.11. The summed E-state index contributed by atoms with van der Waals surface area (Å²) in [6.45, 7) is 4.10. The number of ether oxygens (including phenoxy) is 1. The number of benzene rings is 1. The molecule has 0 aliphatic rings. The van der Waals surface area contributed by atoms with Crippen LogP contribution < -0.4 is 10.1 Å². The van der Waals surface area contributed by atoms with Gasteiger partial charge in [-0.05, 0) is 19.9 Å². The van der Waals surface area contributed by atoms with Crippen molar-refractivity contribution in [2.45, 2.75) is 19.9 Å². The molecular formula is C18H17ClN6O2. The number of nitrogens with zero attached hydrogens (tertiary/aromatic N) is 5. The van der Waals surface area contributed by atoms with Gasteiger partial charge in [0.05, 0.1) is 35.7 Å². The van der Waals surface area contributed by atoms with Gasteiger partial charge in [0.25, 0.3) is 5.91 Å². The Kier molecular flexibility index (Phi) is 4.19. The third-order valence-corrected chi connectivity index (χ3v) is 4.39. The Labute approximate surface area is 159 Å². The van der Waals surface area contributed by atoms with Crippen molar-refractivity contribution in [2.75, 3.05) is 12.4 Å². The summed E-state index contributed by atoms with van der Waals surface area (Å²) in [6.07, 6.45) is 6.46. The molecule has 1 aromatic carbocycles. The molecule has 0 saturated carbocycles. The number of carbonyl (C=O) groups excluding carboxylic acids is 1. The Bertz CT molecular complexity index is 1160. The molecule has 0 atom stereocenters. The van der Waals surface area contributed by atoms with E-state index < -0.39 is 0 Å². The Balaban J connectivity index is 1.71. The average Bonchev–Trinajstić information content (AvgIpc) is 3.24. The molecule has 9 heteroatoms. The molecule has 4 aromatic rings. The normalized spacial score (nSPS) is 11.4. The van der Waals surface area contributed by atoms with Crippen LogP contribution in [0.2, 0.25) is 5.02 Å². The minimum atomic E-state index is -0.339. The van der Waals surface area contributed by atoms with Gasteiger partial charge in [-0.1, -0.05) is 11.6 Å².